The number of thiol groups is 1. The first-order valence-electron chi connectivity index (χ1n) is 12.6. The van der Waals surface area contributed by atoms with Crippen LogP contribution in [-0.4, -0.2) is 75.5 Å². The molecule has 5 heterocycles. The number of nitrogens with zero attached hydrogens (tertiary/aromatic N) is 8. The lowest BCUT2D eigenvalue weighted by molar-refractivity contribution is -0.0422. The minimum atomic E-state index is -4.77. The summed E-state index contributed by atoms with van der Waals surface area (Å²) < 4.78 is 84.3. The quantitative estimate of drug-likeness (QED) is 0.0956. The van der Waals surface area contributed by atoms with Gasteiger partial charge >= 0.3 is 14.6 Å². The molecule has 1 fully saturated rings. The number of nitrogen functional groups attached to an aromatic ring is 2. The van der Waals surface area contributed by atoms with Gasteiger partial charge in [-0.05, 0) is 26.1 Å². The molecule has 18 nitrogen and oxygen atoms in total. The molecule has 5 rings (SSSR count). The van der Waals surface area contributed by atoms with E-state index in [0.717, 1.165) is 6.33 Å². The molecule has 4 aromatic heterocycles. The Balaban J connectivity index is 1.31. The first-order chi connectivity index (χ1) is 20.8. The second-order valence-electron chi connectivity index (χ2n) is 9.18. The van der Waals surface area contributed by atoms with Crippen LogP contribution in [0, 0.1) is 0 Å². The van der Waals surface area contributed by atoms with Crippen LogP contribution in [0.3, 0.4) is 0 Å². The summed E-state index contributed by atoms with van der Waals surface area (Å²) in [5.41, 5.74) is 12.3. The van der Waals surface area contributed by atoms with E-state index in [2.05, 4.69) is 42.2 Å². The Morgan fingerprint density at radius 2 is 1.75 bits per heavy atom. The Hall–Kier alpha value is -3.29. The number of halogens is 2. The van der Waals surface area contributed by atoms with Crippen molar-refractivity contribution in [1.82, 2.24) is 39.0 Å². The van der Waals surface area contributed by atoms with E-state index in [4.69, 9.17) is 34.3 Å². The van der Waals surface area contributed by atoms with E-state index in [1.165, 1.54) is 42.0 Å². The zero-order valence-corrected chi connectivity index (χ0v) is 25.5. The third-order valence-corrected chi connectivity index (χ3v) is 8.95. The van der Waals surface area contributed by atoms with Crippen molar-refractivity contribution in [2.45, 2.75) is 44.5 Å². The molecule has 0 aliphatic carbocycles. The van der Waals surface area contributed by atoms with Gasteiger partial charge in [-0.25, -0.2) is 47.8 Å². The number of rotatable bonds is 12. The standard InChI is InChI=1S/C21H26F2N10O8P2S/c1-3-37-42(34,35)41-16-12(40-21(13(16)23)33-9-31-15-18(25)27-7-29-20(15)33)5-39-43(36,44)38-4-11(22)10(2)32-8-30-14-17(24)26-6-28-19(14)32/h4,6-10,12-13,16,21H,3,5H2,1-2H3,(H,34,35)(H,36,44)(H2,24,26,28)(H2,25,27,29)/b11-4+/t10-,12?,13?,16?,21?,43?/m1/s1. The van der Waals surface area contributed by atoms with Gasteiger partial charge in [0.1, 0.15) is 42.2 Å². The summed E-state index contributed by atoms with van der Waals surface area (Å²) in [6.45, 7) is -2.48. The first-order valence-corrected chi connectivity index (χ1v) is 16.8. The van der Waals surface area contributed by atoms with Crippen LogP contribution in [-0.2, 0) is 32.0 Å². The lowest BCUT2D eigenvalue weighted by atomic mass is 10.1. The average Bonchev–Trinajstić information content (AvgIpc) is 3.67. The molecule has 7 atom stereocenters. The van der Waals surface area contributed by atoms with Crippen molar-refractivity contribution in [2.75, 3.05) is 24.7 Å². The summed E-state index contributed by atoms with van der Waals surface area (Å²) in [5, 5.41) is 0. The molecule has 0 radical (unpaired) electrons. The van der Waals surface area contributed by atoms with Gasteiger partial charge in [0.15, 0.2) is 41.2 Å². The number of imidazole rings is 2. The molecule has 4 aromatic rings. The largest absolute Gasteiger partial charge is 0.472 e. The Bertz CT molecular complexity index is 1800. The SMILES string of the molecule is CCOP(=O)(O)OC1C(COP(=O)(S)O/C=C(/F)[C@@H](C)n2cnc3c(N)ncnc32)OC(n2cnc3c(N)ncnc32)C1F. The molecule has 0 aromatic carbocycles. The number of ether oxygens (including phenoxy) is 1. The van der Waals surface area contributed by atoms with Crippen molar-refractivity contribution in [3.8, 4) is 0 Å². The van der Waals surface area contributed by atoms with Crippen LogP contribution in [0.4, 0.5) is 20.4 Å². The van der Waals surface area contributed by atoms with E-state index in [1.54, 1.807) is 0 Å². The number of anilines is 2. The predicted octanol–water partition coefficient (Wildman–Crippen LogP) is 3.03. The molecule has 44 heavy (non-hydrogen) atoms. The summed E-state index contributed by atoms with van der Waals surface area (Å²) >= 11 is 3.84. The molecule has 0 saturated carbocycles. The van der Waals surface area contributed by atoms with Gasteiger partial charge in [-0.15, -0.1) is 0 Å². The van der Waals surface area contributed by atoms with Crippen LogP contribution in [0.1, 0.15) is 26.1 Å². The predicted molar refractivity (Wildman–Crippen MR) is 152 cm³/mol. The van der Waals surface area contributed by atoms with Crippen molar-refractivity contribution in [1.29, 1.82) is 0 Å². The van der Waals surface area contributed by atoms with Crippen LogP contribution in [0.5, 0.6) is 0 Å². The normalized spacial score (nSPS) is 24.4. The molecule has 1 saturated heterocycles. The number of hydrogen-bond donors (Lipinski definition) is 4. The maximum absolute atomic E-state index is 15.8. The van der Waals surface area contributed by atoms with Crippen LogP contribution in [0.25, 0.3) is 22.3 Å². The topological polar surface area (TPSA) is 240 Å². The third-order valence-electron chi connectivity index (χ3n) is 6.38. The van der Waals surface area contributed by atoms with Crippen LogP contribution in [0.2, 0.25) is 0 Å². The molecule has 0 spiro atoms. The average molecular weight is 679 g/mol. The lowest BCUT2D eigenvalue weighted by Gasteiger charge is -2.22. The van der Waals surface area contributed by atoms with Gasteiger partial charge in [0.05, 0.1) is 31.9 Å². The summed E-state index contributed by atoms with van der Waals surface area (Å²) in [4.78, 5) is 33.9. The van der Waals surface area contributed by atoms with E-state index >= 15 is 8.78 Å². The van der Waals surface area contributed by atoms with Gasteiger partial charge in [-0.3, -0.25) is 18.1 Å². The highest BCUT2D eigenvalue weighted by Gasteiger charge is 2.51. The lowest BCUT2D eigenvalue weighted by Crippen LogP contribution is -2.33. The van der Waals surface area contributed by atoms with Gasteiger partial charge in [0, 0.05) is 0 Å². The highest BCUT2D eigenvalue weighted by molar-refractivity contribution is 8.44. The Morgan fingerprint density at radius 1 is 1.11 bits per heavy atom. The Morgan fingerprint density at radius 3 is 2.43 bits per heavy atom. The van der Waals surface area contributed by atoms with Gasteiger partial charge < -0.3 is 30.2 Å². The maximum Gasteiger partial charge on any atom is 0.472 e. The highest BCUT2D eigenvalue weighted by atomic mass is 32.7. The number of nitrogens with two attached hydrogens (primary N) is 2. The zero-order valence-electron chi connectivity index (χ0n) is 22.8. The molecular formula is C21H26F2N10O8P2S. The van der Waals surface area contributed by atoms with Gasteiger partial charge in [-0.1, -0.05) is 0 Å². The molecule has 23 heteroatoms. The van der Waals surface area contributed by atoms with Crippen LogP contribution in [0.15, 0.2) is 37.4 Å². The number of alkyl halides is 1. The summed E-state index contributed by atoms with van der Waals surface area (Å²) in [5.74, 6) is -0.804. The minimum Gasteiger partial charge on any atom is -0.422 e. The summed E-state index contributed by atoms with van der Waals surface area (Å²) in [6, 6.07) is -1.04. The smallest absolute Gasteiger partial charge is 0.422 e. The molecular weight excluding hydrogens is 652 g/mol. The number of allylic oxidation sites excluding steroid dienone is 1. The van der Waals surface area contributed by atoms with E-state index in [9.17, 15) is 14.0 Å². The van der Waals surface area contributed by atoms with Gasteiger partial charge in [0.2, 0.25) is 0 Å². The second-order valence-corrected chi connectivity index (χ2v) is 13.5. The molecule has 5 N–H and O–H groups in total. The molecule has 0 amide bonds. The maximum atomic E-state index is 15.8. The Labute approximate surface area is 252 Å². The van der Waals surface area contributed by atoms with Crippen LogP contribution < -0.4 is 11.5 Å². The first kappa shape index (κ1) is 32.1. The summed E-state index contributed by atoms with van der Waals surface area (Å²) in [7, 11) is -4.77. The zero-order chi connectivity index (χ0) is 31.8. The fraction of sp³-hybridized carbons (Fsp3) is 0.429. The summed E-state index contributed by atoms with van der Waals surface area (Å²) in [6.07, 6.45) is -1.60. The third kappa shape index (κ3) is 6.54. The van der Waals surface area contributed by atoms with Crippen molar-refractivity contribution >= 4 is 60.8 Å². The Kier molecular flexibility index (Phi) is 9.20. The van der Waals surface area contributed by atoms with E-state index in [0.29, 0.717) is 6.26 Å². The van der Waals surface area contributed by atoms with Crippen molar-refractivity contribution in [2.24, 2.45) is 0 Å². The van der Waals surface area contributed by atoms with Crippen molar-refractivity contribution < 1.29 is 45.6 Å². The van der Waals surface area contributed by atoms with Crippen LogP contribution >= 0.6 is 26.9 Å². The molecule has 1 aliphatic rings. The van der Waals surface area contributed by atoms with Gasteiger partial charge in [0.25, 0.3) is 0 Å². The molecule has 238 valence electrons. The molecule has 1 aliphatic heterocycles. The number of hydrogen-bond acceptors (Lipinski definition) is 15. The fourth-order valence-electron chi connectivity index (χ4n) is 4.28. The highest BCUT2D eigenvalue weighted by Crippen LogP contribution is 2.55. The fourth-order valence-corrected chi connectivity index (χ4v) is 6.20. The second kappa shape index (κ2) is 12.6. The number of phosphoric ester groups is 1. The number of aromatic nitrogens is 8. The minimum absolute atomic E-state index is 0.0208. The number of phosphoric acid groups is 1. The monoisotopic (exact) mass is 678 g/mol. The molecule has 0 bridgehead atoms. The number of fused-ring (bicyclic) bond motifs is 2. The van der Waals surface area contributed by atoms with E-state index in [1.807, 2.05) is 0 Å². The van der Waals surface area contributed by atoms with E-state index < -0.39 is 57.7 Å². The van der Waals surface area contributed by atoms with Crippen molar-refractivity contribution in [3.05, 3.63) is 37.4 Å². The van der Waals surface area contributed by atoms with Gasteiger partial charge in [-0.2, -0.15) is 0 Å². The van der Waals surface area contributed by atoms with E-state index in [-0.39, 0.29) is 40.6 Å². The van der Waals surface area contributed by atoms with Crippen molar-refractivity contribution in [3.63, 3.8) is 0 Å². The molecule has 6 unspecified atom stereocenters.